The Balaban J connectivity index is 2.13. The molecule has 4 nitrogen and oxygen atoms in total. The van der Waals surface area contributed by atoms with Crippen molar-refractivity contribution in [1.29, 1.82) is 0 Å². The van der Waals surface area contributed by atoms with Crippen molar-refractivity contribution >= 4 is 37.5 Å². The van der Waals surface area contributed by atoms with E-state index in [1.54, 1.807) is 16.7 Å². The fourth-order valence-electron chi connectivity index (χ4n) is 1.98. The third-order valence-corrected chi connectivity index (χ3v) is 4.23. The highest BCUT2D eigenvalue weighted by atomic mass is 79.9. The van der Waals surface area contributed by atoms with Crippen molar-refractivity contribution in [1.82, 2.24) is 4.57 Å². The highest BCUT2D eigenvalue weighted by Crippen LogP contribution is 2.33. The van der Waals surface area contributed by atoms with Gasteiger partial charge in [0.05, 0.1) is 14.6 Å². The zero-order valence-corrected chi connectivity index (χ0v) is 14.7. The molecule has 1 aromatic carbocycles. The Bertz CT molecular complexity index is 675. The molecule has 0 aliphatic carbocycles. The van der Waals surface area contributed by atoms with E-state index in [2.05, 4.69) is 37.2 Å². The van der Waals surface area contributed by atoms with Gasteiger partial charge >= 0.3 is 0 Å². The lowest BCUT2D eigenvalue weighted by Crippen LogP contribution is -2.18. The lowest BCUT2D eigenvalue weighted by molar-refractivity contribution is 0.468. The minimum Gasteiger partial charge on any atom is -0.506 e. The van der Waals surface area contributed by atoms with Gasteiger partial charge in [-0.15, -0.1) is 0 Å². The van der Waals surface area contributed by atoms with Crippen molar-refractivity contribution in [3.05, 3.63) is 55.3 Å². The second-order valence-electron chi connectivity index (χ2n) is 4.71. The van der Waals surface area contributed by atoms with Crippen LogP contribution in [0.2, 0.25) is 0 Å². The molecule has 2 N–H and O–H groups in total. The van der Waals surface area contributed by atoms with E-state index in [1.165, 1.54) is 0 Å². The molecule has 0 bridgehead atoms. The zero-order chi connectivity index (χ0) is 15.4. The summed E-state index contributed by atoms with van der Waals surface area (Å²) in [5, 5.41) is 13.0. The van der Waals surface area contributed by atoms with Crippen LogP contribution in [0, 0.1) is 0 Å². The molecule has 2 aromatic rings. The van der Waals surface area contributed by atoms with E-state index < -0.39 is 0 Å². The van der Waals surface area contributed by atoms with Crippen molar-refractivity contribution in [3.8, 4) is 5.75 Å². The monoisotopic (exact) mass is 414 g/mol. The first-order valence-electron chi connectivity index (χ1n) is 6.62. The van der Waals surface area contributed by atoms with Crippen LogP contribution in [0.5, 0.6) is 5.75 Å². The van der Waals surface area contributed by atoms with Crippen LogP contribution in [0.1, 0.15) is 18.9 Å². The summed E-state index contributed by atoms with van der Waals surface area (Å²) in [6, 6.07) is 7.06. The summed E-state index contributed by atoms with van der Waals surface area (Å²) in [6.07, 6.45) is 2.75. The third-order valence-electron chi connectivity index (χ3n) is 3.02. The minimum absolute atomic E-state index is 0.0116. The smallest absolute Gasteiger partial charge is 0.250 e. The summed E-state index contributed by atoms with van der Waals surface area (Å²) >= 11 is 6.62. The van der Waals surface area contributed by atoms with Gasteiger partial charge in [0.1, 0.15) is 5.75 Å². The lowest BCUT2D eigenvalue weighted by atomic mass is 10.2. The first-order valence-corrected chi connectivity index (χ1v) is 8.21. The maximum Gasteiger partial charge on any atom is 0.250 e. The predicted octanol–water partition coefficient (Wildman–Crippen LogP) is 4.10. The number of nitrogens with one attached hydrogen (secondary N) is 1. The Hall–Kier alpha value is -1.27. The van der Waals surface area contributed by atoms with Crippen LogP contribution in [0.3, 0.4) is 0 Å². The Morgan fingerprint density at radius 3 is 2.52 bits per heavy atom. The molecular weight excluding hydrogens is 400 g/mol. The van der Waals surface area contributed by atoms with Crippen molar-refractivity contribution in [3.63, 3.8) is 0 Å². The highest BCUT2D eigenvalue weighted by Gasteiger charge is 2.06. The second kappa shape index (κ2) is 7.13. The fourth-order valence-corrected chi connectivity index (χ4v) is 3.26. The van der Waals surface area contributed by atoms with Gasteiger partial charge in [0.25, 0.3) is 5.56 Å². The predicted molar refractivity (Wildman–Crippen MR) is 91.8 cm³/mol. The standard InChI is InChI=1S/C15H16Br2N2O2/c1-2-5-19-9-11(3-4-14(19)20)18-8-10-6-12(16)15(21)13(17)7-10/h3-4,6-7,9,18,21H,2,5,8H2,1H3. The number of phenolic OH excluding ortho intramolecular Hbond substituents is 1. The first-order chi connectivity index (χ1) is 10.0. The van der Waals surface area contributed by atoms with Gasteiger partial charge in [0.2, 0.25) is 0 Å². The molecule has 0 radical (unpaired) electrons. The number of halogens is 2. The molecule has 2 rings (SSSR count). The number of nitrogens with zero attached hydrogens (tertiary/aromatic N) is 1. The van der Waals surface area contributed by atoms with Gasteiger partial charge in [0, 0.05) is 25.4 Å². The zero-order valence-electron chi connectivity index (χ0n) is 11.6. The number of rotatable bonds is 5. The SMILES string of the molecule is CCCn1cc(NCc2cc(Br)c(O)c(Br)c2)ccc1=O. The quantitative estimate of drug-likeness (QED) is 0.772. The lowest BCUT2D eigenvalue weighted by Gasteiger charge is -2.11. The van der Waals surface area contributed by atoms with Crippen molar-refractivity contribution in [2.24, 2.45) is 0 Å². The van der Waals surface area contributed by atoms with Crippen LogP contribution in [0.4, 0.5) is 5.69 Å². The molecule has 0 saturated heterocycles. The number of aromatic nitrogens is 1. The van der Waals surface area contributed by atoms with E-state index in [-0.39, 0.29) is 11.3 Å². The average molecular weight is 416 g/mol. The van der Waals surface area contributed by atoms with Crippen LogP contribution in [0.25, 0.3) is 0 Å². The molecule has 0 spiro atoms. The van der Waals surface area contributed by atoms with Gasteiger partial charge in [0.15, 0.2) is 0 Å². The normalized spacial score (nSPS) is 10.6. The third kappa shape index (κ3) is 4.11. The number of benzene rings is 1. The summed E-state index contributed by atoms with van der Waals surface area (Å²) in [5.41, 5.74) is 1.92. The number of pyridine rings is 1. The summed E-state index contributed by atoms with van der Waals surface area (Å²) < 4.78 is 2.99. The second-order valence-corrected chi connectivity index (χ2v) is 6.42. The largest absolute Gasteiger partial charge is 0.506 e. The molecule has 0 aliphatic rings. The molecule has 0 atom stereocenters. The molecule has 0 unspecified atom stereocenters. The molecule has 21 heavy (non-hydrogen) atoms. The Morgan fingerprint density at radius 2 is 1.90 bits per heavy atom. The number of hydrogen-bond donors (Lipinski definition) is 2. The molecule has 0 saturated carbocycles. The first kappa shape index (κ1) is 16.1. The number of aryl methyl sites for hydroxylation is 1. The molecule has 0 aliphatic heterocycles. The fraction of sp³-hybridized carbons (Fsp3) is 0.267. The van der Waals surface area contributed by atoms with Crippen LogP contribution < -0.4 is 10.9 Å². The van der Waals surface area contributed by atoms with Crippen LogP contribution in [0.15, 0.2) is 44.2 Å². The molecule has 1 heterocycles. The molecular formula is C15H16Br2N2O2. The molecule has 0 amide bonds. The topological polar surface area (TPSA) is 54.3 Å². The number of anilines is 1. The van der Waals surface area contributed by atoms with Gasteiger partial charge in [-0.25, -0.2) is 0 Å². The highest BCUT2D eigenvalue weighted by molar-refractivity contribution is 9.11. The maximum atomic E-state index is 11.7. The summed E-state index contributed by atoms with van der Waals surface area (Å²) in [6.45, 7) is 3.35. The van der Waals surface area contributed by atoms with Gasteiger partial charge < -0.3 is 15.0 Å². The number of hydrogen-bond acceptors (Lipinski definition) is 3. The summed E-state index contributed by atoms with van der Waals surface area (Å²) in [7, 11) is 0. The van der Waals surface area contributed by atoms with Gasteiger partial charge in [-0.3, -0.25) is 4.79 Å². The number of phenols is 1. The van der Waals surface area contributed by atoms with Crippen LogP contribution in [-0.2, 0) is 13.1 Å². The molecule has 0 fully saturated rings. The Labute approximate surface area is 140 Å². The van der Waals surface area contributed by atoms with Gasteiger partial charge in [-0.05, 0) is 62.0 Å². The van der Waals surface area contributed by atoms with E-state index in [0.717, 1.165) is 17.7 Å². The Morgan fingerprint density at radius 1 is 1.24 bits per heavy atom. The van der Waals surface area contributed by atoms with Gasteiger partial charge in [-0.2, -0.15) is 0 Å². The summed E-state index contributed by atoms with van der Waals surface area (Å²) in [5.74, 6) is 0.190. The molecule has 1 aromatic heterocycles. The average Bonchev–Trinajstić information content (AvgIpc) is 2.45. The van der Waals surface area contributed by atoms with E-state index >= 15 is 0 Å². The van der Waals surface area contributed by atoms with Crippen molar-refractivity contribution < 1.29 is 5.11 Å². The summed E-state index contributed by atoms with van der Waals surface area (Å²) in [4.78, 5) is 11.7. The molecule has 112 valence electrons. The minimum atomic E-state index is 0.0116. The van der Waals surface area contributed by atoms with E-state index in [4.69, 9.17) is 0 Å². The van der Waals surface area contributed by atoms with Crippen molar-refractivity contribution in [2.45, 2.75) is 26.4 Å². The van der Waals surface area contributed by atoms with E-state index in [0.29, 0.717) is 22.0 Å². The van der Waals surface area contributed by atoms with Crippen molar-refractivity contribution in [2.75, 3.05) is 5.32 Å². The maximum absolute atomic E-state index is 11.7. The number of aromatic hydroxyl groups is 1. The molecule has 6 heteroatoms. The van der Waals surface area contributed by atoms with Gasteiger partial charge in [-0.1, -0.05) is 6.92 Å². The van der Waals surface area contributed by atoms with E-state index in [1.807, 2.05) is 25.3 Å². The van der Waals surface area contributed by atoms with Crippen LogP contribution >= 0.6 is 31.9 Å². The Kier molecular flexibility index (Phi) is 5.47. The van der Waals surface area contributed by atoms with E-state index in [9.17, 15) is 9.90 Å². The van der Waals surface area contributed by atoms with Crippen LogP contribution in [-0.4, -0.2) is 9.67 Å².